The van der Waals surface area contributed by atoms with Crippen LogP contribution in [0.15, 0.2) is 23.0 Å². The molecule has 2 aromatic rings. The Balaban J connectivity index is 2.43. The van der Waals surface area contributed by atoms with E-state index >= 15 is 0 Å². The van der Waals surface area contributed by atoms with Crippen LogP contribution in [-0.4, -0.2) is 15.6 Å². The van der Waals surface area contributed by atoms with Gasteiger partial charge in [-0.1, -0.05) is 26.0 Å². The highest BCUT2D eigenvalue weighted by molar-refractivity contribution is 5.85. The fourth-order valence-electron chi connectivity index (χ4n) is 3.27. The topological polar surface area (TPSA) is 59.3 Å². The Bertz CT molecular complexity index is 813. The highest BCUT2D eigenvalue weighted by Gasteiger charge is 2.29. The summed E-state index contributed by atoms with van der Waals surface area (Å²) in [6, 6.07) is 6.20. The number of nitrogens with zero attached hydrogens (tertiary/aromatic N) is 1. The van der Waals surface area contributed by atoms with Crippen LogP contribution in [0, 0.1) is 6.92 Å². The summed E-state index contributed by atoms with van der Waals surface area (Å²) >= 11 is 0. The molecule has 1 N–H and O–H groups in total. The molecule has 1 saturated carbocycles. The zero-order valence-corrected chi connectivity index (χ0v) is 13.2. The first kappa shape index (κ1) is 14.8. The van der Waals surface area contributed by atoms with Gasteiger partial charge in [-0.2, -0.15) is 0 Å². The van der Waals surface area contributed by atoms with Gasteiger partial charge in [-0.3, -0.25) is 9.59 Å². The average Bonchev–Trinajstić information content (AvgIpc) is 3.27. The molecule has 4 heteroatoms. The SMILES string of the molecule is Cc1c(CC(=O)O)c(=O)c2cccc(C(C)C)c2n1C1CC1. The van der Waals surface area contributed by atoms with Gasteiger partial charge in [0.15, 0.2) is 5.43 Å². The van der Waals surface area contributed by atoms with Gasteiger partial charge in [-0.05, 0) is 37.3 Å². The van der Waals surface area contributed by atoms with Crippen molar-refractivity contribution in [2.24, 2.45) is 0 Å². The molecule has 0 bridgehead atoms. The first-order valence-corrected chi connectivity index (χ1v) is 7.80. The molecule has 0 amide bonds. The molecule has 1 aliphatic rings. The van der Waals surface area contributed by atoms with Crippen molar-refractivity contribution in [2.75, 3.05) is 0 Å². The summed E-state index contributed by atoms with van der Waals surface area (Å²) in [5.74, 6) is -0.639. The van der Waals surface area contributed by atoms with E-state index < -0.39 is 5.97 Å². The van der Waals surface area contributed by atoms with Crippen molar-refractivity contribution < 1.29 is 9.90 Å². The van der Waals surface area contributed by atoms with Gasteiger partial charge in [0.25, 0.3) is 0 Å². The monoisotopic (exact) mass is 299 g/mol. The van der Waals surface area contributed by atoms with Crippen LogP contribution in [0.5, 0.6) is 0 Å². The van der Waals surface area contributed by atoms with Crippen LogP contribution in [0.2, 0.25) is 0 Å². The van der Waals surface area contributed by atoms with E-state index in [1.54, 1.807) is 0 Å². The second kappa shape index (κ2) is 5.27. The van der Waals surface area contributed by atoms with E-state index in [2.05, 4.69) is 24.5 Å². The van der Waals surface area contributed by atoms with Gasteiger partial charge in [-0.15, -0.1) is 0 Å². The second-order valence-corrected chi connectivity index (χ2v) is 6.46. The van der Waals surface area contributed by atoms with Crippen LogP contribution in [-0.2, 0) is 11.2 Å². The van der Waals surface area contributed by atoms with Crippen LogP contribution in [0.3, 0.4) is 0 Å². The Morgan fingerprint density at radius 1 is 1.36 bits per heavy atom. The first-order valence-electron chi connectivity index (χ1n) is 7.80. The maximum Gasteiger partial charge on any atom is 0.308 e. The third-order valence-electron chi connectivity index (χ3n) is 4.49. The Morgan fingerprint density at radius 3 is 2.59 bits per heavy atom. The standard InChI is InChI=1S/C18H21NO3/c1-10(2)13-5-4-6-14-17(13)19(12-7-8-12)11(3)15(18(14)22)9-16(20)21/h4-6,10,12H,7-9H2,1-3H3,(H,20,21). The molecular formula is C18H21NO3. The number of benzene rings is 1. The van der Waals surface area contributed by atoms with Gasteiger partial charge < -0.3 is 9.67 Å². The Labute approximate surface area is 129 Å². The Kier molecular flexibility index (Phi) is 3.55. The average molecular weight is 299 g/mol. The molecule has 0 unspecified atom stereocenters. The van der Waals surface area contributed by atoms with Crippen LogP contribution in [0.4, 0.5) is 0 Å². The Hall–Kier alpha value is -2.10. The van der Waals surface area contributed by atoms with Crippen molar-refractivity contribution >= 4 is 16.9 Å². The van der Waals surface area contributed by atoms with Gasteiger partial charge in [-0.25, -0.2) is 0 Å². The van der Waals surface area contributed by atoms with E-state index in [0.29, 0.717) is 22.9 Å². The second-order valence-electron chi connectivity index (χ2n) is 6.46. The fourth-order valence-corrected chi connectivity index (χ4v) is 3.27. The van der Waals surface area contributed by atoms with Gasteiger partial charge in [0.2, 0.25) is 0 Å². The molecule has 0 saturated heterocycles. The third-order valence-corrected chi connectivity index (χ3v) is 4.49. The van der Waals surface area contributed by atoms with E-state index in [1.807, 2.05) is 19.1 Å². The number of para-hydroxylation sites is 1. The quantitative estimate of drug-likeness (QED) is 0.941. The number of hydrogen-bond acceptors (Lipinski definition) is 2. The number of aliphatic carboxylic acids is 1. The molecule has 22 heavy (non-hydrogen) atoms. The summed E-state index contributed by atoms with van der Waals surface area (Å²) in [7, 11) is 0. The highest BCUT2D eigenvalue weighted by atomic mass is 16.4. The zero-order chi connectivity index (χ0) is 16.0. The number of pyridine rings is 1. The smallest absolute Gasteiger partial charge is 0.308 e. The summed E-state index contributed by atoms with van der Waals surface area (Å²) in [6.07, 6.45) is 1.98. The van der Waals surface area contributed by atoms with Crippen LogP contribution in [0.1, 0.15) is 55.5 Å². The van der Waals surface area contributed by atoms with E-state index in [1.165, 1.54) is 0 Å². The van der Waals surface area contributed by atoms with Crippen molar-refractivity contribution in [3.05, 3.63) is 45.2 Å². The van der Waals surface area contributed by atoms with E-state index in [4.69, 9.17) is 5.11 Å². The number of hydrogen-bond donors (Lipinski definition) is 1. The molecule has 3 rings (SSSR count). The molecule has 0 atom stereocenters. The fraction of sp³-hybridized carbons (Fsp3) is 0.444. The minimum atomic E-state index is -0.957. The molecule has 1 aromatic carbocycles. The number of rotatable bonds is 4. The summed E-state index contributed by atoms with van der Waals surface area (Å²) in [4.78, 5) is 23.9. The number of carboxylic acid groups (broad SMARTS) is 1. The van der Waals surface area contributed by atoms with Crippen LogP contribution < -0.4 is 5.43 Å². The van der Waals surface area contributed by atoms with Crippen molar-refractivity contribution in [1.82, 2.24) is 4.57 Å². The molecule has 116 valence electrons. The molecule has 1 aromatic heterocycles. The van der Waals surface area contributed by atoms with Crippen molar-refractivity contribution in [2.45, 2.75) is 52.0 Å². The molecule has 1 aliphatic carbocycles. The molecule has 0 spiro atoms. The lowest BCUT2D eigenvalue weighted by atomic mass is 9.96. The maximum absolute atomic E-state index is 12.8. The molecular weight excluding hydrogens is 278 g/mol. The van der Waals surface area contributed by atoms with Crippen LogP contribution in [0.25, 0.3) is 10.9 Å². The summed E-state index contributed by atoms with van der Waals surface area (Å²) in [5, 5.41) is 9.78. The van der Waals surface area contributed by atoms with Gasteiger partial charge in [0.1, 0.15) is 0 Å². The molecule has 0 radical (unpaired) electrons. The first-order chi connectivity index (χ1) is 10.4. The molecule has 4 nitrogen and oxygen atoms in total. The Morgan fingerprint density at radius 2 is 2.05 bits per heavy atom. The predicted molar refractivity (Wildman–Crippen MR) is 86.6 cm³/mol. The van der Waals surface area contributed by atoms with Crippen LogP contribution >= 0.6 is 0 Å². The summed E-state index contributed by atoms with van der Waals surface area (Å²) in [6.45, 7) is 6.13. The molecule has 1 fully saturated rings. The largest absolute Gasteiger partial charge is 0.481 e. The predicted octanol–water partition coefficient (Wildman–Crippen LogP) is 3.40. The third kappa shape index (κ3) is 2.32. The normalized spacial score (nSPS) is 14.7. The minimum absolute atomic E-state index is 0.130. The molecule has 1 heterocycles. The summed E-state index contributed by atoms with van der Waals surface area (Å²) < 4.78 is 2.21. The number of fused-ring (bicyclic) bond motifs is 1. The number of carbonyl (C=O) groups is 1. The van der Waals surface area contributed by atoms with E-state index in [9.17, 15) is 9.59 Å². The zero-order valence-electron chi connectivity index (χ0n) is 13.2. The van der Waals surface area contributed by atoms with Crippen molar-refractivity contribution in [3.8, 4) is 0 Å². The summed E-state index contributed by atoms with van der Waals surface area (Å²) in [5.41, 5.74) is 3.26. The lowest BCUT2D eigenvalue weighted by Crippen LogP contribution is -2.22. The van der Waals surface area contributed by atoms with Gasteiger partial charge in [0.05, 0.1) is 11.9 Å². The lowest BCUT2D eigenvalue weighted by molar-refractivity contribution is -0.136. The highest BCUT2D eigenvalue weighted by Crippen LogP contribution is 2.40. The van der Waals surface area contributed by atoms with Gasteiger partial charge in [0, 0.05) is 22.7 Å². The lowest BCUT2D eigenvalue weighted by Gasteiger charge is -2.21. The van der Waals surface area contributed by atoms with E-state index in [0.717, 1.165) is 29.6 Å². The number of carboxylic acids is 1. The number of aromatic nitrogens is 1. The van der Waals surface area contributed by atoms with Crippen molar-refractivity contribution in [3.63, 3.8) is 0 Å². The van der Waals surface area contributed by atoms with Crippen molar-refractivity contribution in [1.29, 1.82) is 0 Å². The molecule has 0 aliphatic heterocycles. The van der Waals surface area contributed by atoms with Gasteiger partial charge >= 0.3 is 5.97 Å². The van der Waals surface area contributed by atoms with E-state index in [-0.39, 0.29) is 11.8 Å². The maximum atomic E-state index is 12.8. The minimum Gasteiger partial charge on any atom is -0.481 e.